The molecule has 2 unspecified atom stereocenters. The Bertz CT molecular complexity index is 2630. The summed E-state index contributed by atoms with van der Waals surface area (Å²) in [4.78, 5) is 10.6. The van der Waals surface area contributed by atoms with Gasteiger partial charge in [-0.1, -0.05) is 146 Å². The lowest BCUT2D eigenvalue weighted by Gasteiger charge is -2.32. The molecule has 2 heterocycles. The van der Waals surface area contributed by atoms with Crippen molar-refractivity contribution in [1.29, 1.82) is 0 Å². The maximum Gasteiger partial charge on any atom is 0.159 e. The molecule has 4 nitrogen and oxygen atoms in total. The molecule has 2 aliphatic carbocycles. The maximum absolute atomic E-state index is 6.65. The fourth-order valence-corrected chi connectivity index (χ4v) is 8.36. The molecule has 0 fully saturated rings. The Morgan fingerprint density at radius 1 is 0.731 bits per heavy atom. The Kier molecular flexibility index (Phi) is 7.17. The van der Waals surface area contributed by atoms with Crippen LogP contribution in [0.25, 0.3) is 45.0 Å². The van der Waals surface area contributed by atoms with E-state index in [4.69, 9.17) is 14.4 Å². The van der Waals surface area contributed by atoms with E-state index in [1.54, 1.807) is 0 Å². The summed E-state index contributed by atoms with van der Waals surface area (Å²) in [5, 5.41) is 7.31. The van der Waals surface area contributed by atoms with Crippen molar-refractivity contribution >= 4 is 45.6 Å². The third-order valence-electron chi connectivity index (χ3n) is 11.1. The van der Waals surface area contributed by atoms with Crippen molar-refractivity contribution in [1.82, 2.24) is 5.32 Å². The molecule has 0 saturated carbocycles. The van der Waals surface area contributed by atoms with Crippen LogP contribution in [0.1, 0.15) is 70.6 Å². The van der Waals surface area contributed by atoms with Gasteiger partial charge in [0.2, 0.25) is 0 Å². The highest BCUT2D eigenvalue weighted by Gasteiger charge is 2.38. The molecular formula is C48H37N3O. The van der Waals surface area contributed by atoms with Gasteiger partial charge in [-0.25, -0.2) is 9.98 Å². The lowest BCUT2D eigenvalue weighted by molar-refractivity contribution is 0.535. The summed E-state index contributed by atoms with van der Waals surface area (Å²) in [6.45, 7) is 2.35. The number of allylic oxidation sites excluding steroid dienone is 2. The Balaban J connectivity index is 1.13. The Hall–Kier alpha value is -6.26. The summed E-state index contributed by atoms with van der Waals surface area (Å²) in [6, 6.07) is 47.6. The molecular weight excluding hydrogens is 635 g/mol. The van der Waals surface area contributed by atoms with Gasteiger partial charge in [0, 0.05) is 27.5 Å². The van der Waals surface area contributed by atoms with Crippen LogP contribution in [-0.4, -0.2) is 11.7 Å². The predicted molar refractivity (Wildman–Crippen MR) is 215 cm³/mol. The van der Waals surface area contributed by atoms with Crippen molar-refractivity contribution in [2.75, 3.05) is 0 Å². The van der Waals surface area contributed by atoms with Crippen LogP contribution in [0.5, 0.6) is 0 Å². The van der Waals surface area contributed by atoms with Gasteiger partial charge in [-0.15, -0.1) is 0 Å². The zero-order valence-corrected chi connectivity index (χ0v) is 29.0. The molecule has 7 aromatic rings. The Labute approximate surface area is 303 Å². The van der Waals surface area contributed by atoms with Gasteiger partial charge in [-0.05, 0) is 81.6 Å². The van der Waals surface area contributed by atoms with Crippen molar-refractivity contribution in [3.63, 3.8) is 0 Å². The van der Waals surface area contributed by atoms with Crippen molar-refractivity contribution in [2.24, 2.45) is 9.98 Å². The van der Waals surface area contributed by atoms with Gasteiger partial charge in [-0.2, -0.15) is 0 Å². The number of benzene rings is 6. The highest BCUT2D eigenvalue weighted by Crippen LogP contribution is 2.47. The lowest BCUT2D eigenvalue weighted by atomic mass is 9.70. The summed E-state index contributed by atoms with van der Waals surface area (Å²) < 4.78 is 6.65. The van der Waals surface area contributed by atoms with E-state index in [1.807, 2.05) is 6.07 Å². The number of fused-ring (bicyclic) bond motifs is 6. The van der Waals surface area contributed by atoms with E-state index in [2.05, 4.69) is 164 Å². The third kappa shape index (κ3) is 5.05. The third-order valence-corrected chi connectivity index (χ3v) is 11.1. The molecule has 3 aliphatic rings. The summed E-state index contributed by atoms with van der Waals surface area (Å²) in [6.07, 6.45) is 11.7. The maximum atomic E-state index is 6.65. The van der Waals surface area contributed by atoms with E-state index in [-0.39, 0.29) is 11.6 Å². The van der Waals surface area contributed by atoms with Gasteiger partial charge in [-0.3, -0.25) is 0 Å². The number of aliphatic imine (C=N–C) groups is 2. The van der Waals surface area contributed by atoms with Crippen molar-refractivity contribution in [3.05, 3.63) is 190 Å². The summed E-state index contributed by atoms with van der Waals surface area (Å²) in [5.74, 6) is 2.41. The van der Waals surface area contributed by atoms with E-state index in [0.717, 1.165) is 64.4 Å². The van der Waals surface area contributed by atoms with Crippen LogP contribution < -0.4 is 5.32 Å². The number of nitrogens with one attached hydrogen (secondary N) is 1. The van der Waals surface area contributed by atoms with Gasteiger partial charge in [0.25, 0.3) is 0 Å². The van der Waals surface area contributed by atoms with Crippen LogP contribution in [0.4, 0.5) is 0 Å². The zero-order valence-electron chi connectivity index (χ0n) is 29.0. The first-order valence-corrected chi connectivity index (χ1v) is 18.2. The van der Waals surface area contributed by atoms with Crippen LogP contribution >= 0.6 is 0 Å². The average molecular weight is 672 g/mol. The fraction of sp³-hybridized carbons (Fsp3) is 0.125. The van der Waals surface area contributed by atoms with Crippen molar-refractivity contribution < 1.29 is 4.42 Å². The van der Waals surface area contributed by atoms with E-state index in [9.17, 15) is 0 Å². The molecule has 1 aliphatic heterocycles. The number of nitrogens with zero attached hydrogens (tertiary/aromatic N) is 2. The molecule has 52 heavy (non-hydrogen) atoms. The minimum atomic E-state index is -0.309. The normalized spacial score (nSPS) is 19.1. The van der Waals surface area contributed by atoms with Crippen LogP contribution in [-0.2, 0) is 11.8 Å². The van der Waals surface area contributed by atoms with Gasteiger partial charge >= 0.3 is 0 Å². The molecule has 2 atom stereocenters. The fourth-order valence-electron chi connectivity index (χ4n) is 8.36. The molecule has 250 valence electrons. The number of amidine groups is 2. The van der Waals surface area contributed by atoms with Crippen LogP contribution in [0, 0.1) is 0 Å². The Morgan fingerprint density at radius 3 is 2.35 bits per heavy atom. The molecule has 4 heteroatoms. The minimum Gasteiger partial charge on any atom is -0.456 e. The standard InChI is InChI=1S/C48H37N3O/c1-48(37-27-25-32(26-28-37)31-12-4-2-5-13-31)29-11-20-42-44(48)43-39(18-10-19-41(43)52-42)47-50-45(35-15-6-3-7-16-35)49-46(51-47)36-24-23-34-22-21-33-14-8-9-17-38(33)40(34)30-36/h2-7,9-13,15-28,30,45H,8,14,29H2,1H3,(H,49,50,51). The Morgan fingerprint density at radius 2 is 1.50 bits per heavy atom. The molecule has 0 spiro atoms. The topological polar surface area (TPSA) is 49.9 Å². The smallest absolute Gasteiger partial charge is 0.159 e. The lowest BCUT2D eigenvalue weighted by Crippen LogP contribution is -2.34. The first-order chi connectivity index (χ1) is 25.6. The quantitative estimate of drug-likeness (QED) is 0.198. The van der Waals surface area contributed by atoms with Crippen molar-refractivity contribution in [3.8, 4) is 11.1 Å². The molecule has 0 bridgehead atoms. The second kappa shape index (κ2) is 12.2. The molecule has 0 saturated heterocycles. The molecule has 0 amide bonds. The second-order valence-electron chi connectivity index (χ2n) is 14.3. The summed E-state index contributed by atoms with van der Waals surface area (Å²) in [7, 11) is 0. The zero-order chi connectivity index (χ0) is 34.6. The highest BCUT2D eigenvalue weighted by atomic mass is 16.3. The number of aryl methyl sites for hydroxylation is 1. The first kappa shape index (κ1) is 30.6. The summed E-state index contributed by atoms with van der Waals surface area (Å²) in [5.41, 5.74) is 11.2. The number of rotatable bonds is 5. The molecule has 1 N–H and O–H groups in total. The van der Waals surface area contributed by atoms with Crippen LogP contribution in [0.15, 0.2) is 160 Å². The van der Waals surface area contributed by atoms with Crippen molar-refractivity contribution in [2.45, 2.75) is 37.8 Å². The summed E-state index contributed by atoms with van der Waals surface area (Å²) >= 11 is 0. The highest BCUT2D eigenvalue weighted by molar-refractivity contribution is 6.18. The monoisotopic (exact) mass is 671 g/mol. The predicted octanol–water partition coefficient (Wildman–Crippen LogP) is 11.4. The number of hydrogen-bond donors (Lipinski definition) is 1. The molecule has 10 rings (SSSR count). The molecule has 0 radical (unpaired) electrons. The minimum absolute atomic E-state index is 0.307. The van der Waals surface area contributed by atoms with Gasteiger partial charge in [0.15, 0.2) is 5.84 Å². The van der Waals surface area contributed by atoms with E-state index >= 15 is 0 Å². The van der Waals surface area contributed by atoms with Gasteiger partial charge in [0.1, 0.15) is 23.3 Å². The van der Waals surface area contributed by atoms with Crippen LogP contribution in [0.3, 0.4) is 0 Å². The van der Waals surface area contributed by atoms with E-state index in [0.29, 0.717) is 0 Å². The first-order valence-electron chi connectivity index (χ1n) is 18.2. The molecule has 6 aromatic carbocycles. The largest absolute Gasteiger partial charge is 0.456 e. The van der Waals surface area contributed by atoms with E-state index < -0.39 is 0 Å². The number of furan rings is 1. The average Bonchev–Trinajstić information content (AvgIpc) is 3.62. The number of hydrogen-bond acceptors (Lipinski definition) is 4. The molecule has 1 aromatic heterocycles. The SMILES string of the molecule is CC1(c2ccc(-c3ccccc3)cc2)CC=Cc2oc3cccc(C4=NC(c5ccc6ccc7c(c6c5)C=CCC7)=NC(c5ccccc5)N4)c3c21. The second-order valence-corrected chi connectivity index (χ2v) is 14.3. The van der Waals surface area contributed by atoms with Gasteiger partial charge in [0.05, 0.1) is 0 Å². The van der Waals surface area contributed by atoms with Crippen LogP contribution in [0.2, 0.25) is 0 Å². The van der Waals surface area contributed by atoms with Gasteiger partial charge < -0.3 is 9.73 Å². The van der Waals surface area contributed by atoms with E-state index in [1.165, 1.54) is 44.2 Å².